The van der Waals surface area contributed by atoms with Crippen LogP contribution >= 0.6 is 25.3 Å². The fraction of sp³-hybridized carbons (Fsp3) is 0. The van der Waals surface area contributed by atoms with E-state index in [4.69, 9.17) is 5.11 Å². The van der Waals surface area contributed by atoms with Crippen LogP contribution in [0.15, 0.2) is 28.0 Å². The van der Waals surface area contributed by atoms with Crippen LogP contribution in [0.2, 0.25) is 0 Å². The lowest BCUT2D eigenvalue weighted by Gasteiger charge is -1.95. The Morgan fingerprint density at radius 1 is 1.11 bits per heavy atom. The van der Waals surface area contributed by atoms with E-state index < -0.39 is 0 Å². The molecule has 1 aromatic rings. The molecular weight excluding hydrogens is 152 g/mol. The summed E-state index contributed by atoms with van der Waals surface area (Å²) in [5.41, 5.74) is 0. The van der Waals surface area contributed by atoms with Crippen molar-refractivity contribution in [1.29, 1.82) is 0 Å². The van der Waals surface area contributed by atoms with E-state index in [1.807, 2.05) is 0 Å². The van der Waals surface area contributed by atoms with E-state index in [1.54, 1.807) is 18.2 Å². The number of thiol groups is 2. The summed E-state index contributed by atoms with van der Waals surface area (Å²) in [6.07, 6.45) is 0. The molecule has 0 atom stereocenters. The molecule has 1 aromatic carbocycles. The summed E-state index contributed by atoms with van der Waals surface area (Å²) in [7, 11) is 0. The summed E-state index contributed by atoms with van der Waals surface area (Å²) in [6.45, 7) is 0. The Kier molecular flexibility index (Phi) is 1.93. The topological polar surface area (TPSA) is 20.2 Å². The van der Waals surface area contributed by atoms with E-state index in [1.165, 1.54) is 0 Å². The molecule has 0 aliphatic heterocycles. The molecule has 0 bridgehead atoms. The summed E-state index contributed by atoms with van der Waals surface area (Å²) in [4.78, 5) is 1.47. The molecule has 0 spiro atoms. The van der Waals surface area contributed by atoms with Gasteiger partial charge >= 0.3 is 0 Å². The molecule has 3 heteroatoms. The van der Waals surface area contributed by atoms with Gasteiger partial charge in [-0.25, -0.2) is 0 Å². The number of phenols is 1. The predicted octanol–water partition coefficient (Wildman–Crippen LogP) is 1.97. The maximum Gasteiger partial charge on any atom is 0.116 e. The lowest BCUT2D eigenvalue weighted by Crippen LogP contribution is -1.68. The molecule has 0 heterocycles. The van der Waals surface area contributed by atoms with Crippen molar-refractivity contribution in [2.75, 3.05) is 0 Å². The Balaban J connectivity index is 3.17. The summed E-state index contributed by atoms with van der Waals surface area (Å²) in [5, 5.41) is 8.85. The maximum atomic E-state index is 8.85. The number of benzene rings is 1. The first kappa shape index (κ1) is 6.83. The molecule has 0 amide bonds. The second kappa shape index (κ2) is 2.54. The standard InChI is InChI=1S/C6H6OS2/c7-4-1-2-5(8)6(9)3-4/h1-3,7-9H. The Hall–Kier alpha value is -0.280. The monoisotopic (exact) mass is 158 g/mol. The van der Waals surface area contributed by atoms with Gasteiger partial charge in [-0.1, -0.05) is 0 Å². The van der Waals surface area contributed by atoms with Crippen molar-refractivity contribution in [1.82, 2.24) is 0 Å². The largest absolute Gasteiger partial charge is 0.508 e. The lowest BCUT2D eigenvalue weighted by molar-refractivity contribution is 0.473. The van der Waals surface area contributed by atoms with Gasteiger partial charge in [-0.05, 0) is 18.2 Å². The third-order valence-corrected chi connectivity index (χ3v) is 1.90. The first-order valence-corrected chi connectivity index (χ1v) is 3.30. The van der Waals surface area contributed by atoms with Crippen molar-refractivity contribution in [2.24, 2.45) is 0 Å². The van der Waals surface area contributed by atoms with Gasteiger partial charge < -0.3 is 5.11 Å². The molecular formula is C6H6OS2. The zero-order chi connectivity index (χ0) is 6.85. The minimum absolute atomic E-state index is 0.220. The summed E-state index contributed by atoms with van der Waals surface area (Å²) >= 11 is 8.09. The van der Waals surface area contributed by atoms with Gasteiger partial charge in [-0.15, -0.1) is 25.3 Å². The quantitative estimate of drug-likeness (QED) is 0.493. The Labute approximate surface area is 64.5 Å². The number of aromatic hydroxyl groups is 1. The van der Waals surface area contributed by atoms with Crippen LogP contribution < -0.4 is 0 Å². The third-order valence-electron chi connectivity index (χ3n) is 0.959. The van der Waals surface area contributed by atoms with Gasteiger partial charge in [-0.2, -0.15) is 0 Å². The highest BCUT2D eigenvalue weighted by Gasteiger charge is 1.92. The van der Waals surface area contributed by atoms with E-state index in [2.05, 4.69) is 25.3 Å². The first-order valence-electron chi connectivity index (χ1n) is 2.41. The molecule has 0 aliphatic rings. The normalized spacial score (nSPS) is 9.56. The highest BCUT2D eigenvalue weighted by atomic mass is 32.1. The second-order valence-electron chi connectivity index (χ2n) is 1.67. The SMILES string of the molecule is Oc1ccc(S)c(S)c1. The van der Waals surface area contributed by atoms with Crippen molar-refractivity contribution in [3.8, 4) is 5.75 Å². The lowest BCUT2D eigenvalue weighted by atomic mass is 10.3. The van der Waals surface area contributed by atoms with Gasteiger partial charge in [0, 0.05) is 9.79 Å². The van der Waals surface area contributed by atoms with Crippen LogP contribution in [0.4, 0.5) is 0 Å². The summed E-state index contributed by atoms with van der Waals surface area (Å²) in [6, 6.07) is 4.81. The van der Waals surface area contributed by atoms with Crippen LogP contribution in [0.3, 0.4) is 0 Å². The number of rotatable bonds is 0. The summed E-state index contributed by atoms with van der Waals surface area (Å²) in [5.74, 6) is 0.220. The molecule has 0 unspecified atom stereocenters. The van der Waals surface area contributed by atoms with E-state index in [0.717, 1.165) is 4.90 Å². The third kappa shape index (κ3) is 1.56. The molecule has 0 fully saturated rings. The number of phenolic OH excluding ortho intramolecular Hbond substituents is 1. The number of hydrogen-bond acceptors (Lipinski definition) is 3. The zero-order valence-electron chi connectivity index (χ0n) is 4.57. The van der Waals surface area contributed by atoms with E-state index in [-0.39, 0.29) is 5.75 Å². The maximum absolute atomic E-state index is 8.85. The van der Waals surface area contributed by atoms with E-state index in [0.29, 0.717) is 4.90 Å². The first-order chi connectivity index (χ1) is 4.20. The summed E-state index contributed by atoms with van der Waals surface area (Å²) < 4.78 is 0. The van der Waals surface area contributed by atoms with Crippen molar-refractivity contribution in [3.63, 3.8) is 0 Å². The van der Waals surface area contributed by atoms with Crippen molar-refractivity contribution in [3.05, 3.63) is 18.2 Å². The minimum Gasteiger partial charge on any atom is -0.508 e. The molecule has 0 saturated carbocycles. The molecule has 0 saturated heterocycles. The zero-order valence-corrected chi connectivity index (χ0v) is 6.36. The van der Waals surface area contributed by atoms with Gasteiger partial charge in [0.2, 0.25) is 0 Å². The smallest absolute Gasteiger partial charge is 0.116 e. The molecule has 1 nitrogen and oxygen atoms in total. The van der Waals surface area contributed by atoms with Crippen LogP contribution in [0.25, 0.3) is 0 Å². The average Bonchev–Trinajstić information content (AvgIpc) is 1.80. The van der Waals surface area contributed by atoms with Crippen LogP contribution in [0.5, 0.6) is 5.75 Å². The van der Waals surface area contributed by atoms with Gasteiger partial charge in [0.05, 0.1) is 0 Å². The van der Waals surface area contributed by atoms with Crippen molar-refractivity contribution < 1.29 is 5.11 Å². The van der Waals surface area contributed by atoms with Crippen LogP contribution in [0, 0.1) is 0 Å². The van der Waals surface area contributed by atoms with Crippen molar-refractivity contribution in [2.45, 2.75) is 9.79 Å². The van der Waals surface area contributed by atoms with Crippen LogP contribution in [-0.4, -0.2) is 5.11 Å². The number of hydrogen-bond donors (Lipinski definition) is 3. The Bertz CT molecular complexity index is 222. The molecule has 0 aromatic heterocycles. The predicted molar refractivity (Wildman–Crippen MR) is 42.6 cm³/mol. The highest BCUT2D eigenvalue weighted by molar-refractivity contribution is 7.83. The van der Waals surface area contributed by atoms with E-state index >= 15 is 0 Å². The average molecular weight is 158 g/mol. The fourth-order valence-corrected chi connectivity index (χ4v) is 0.858. The minimum atomic E-state index is 0.220. The van der Waals surface area contributed by atoms with Gasteiger partial charge in [0.15, 0.2) is 0 Å². The van der Waals surface area contributed by atoms with Crippen molar-refractivity contribution >= 4 is 25.3 Å². The van der Waals surface area contributed by atoms with E-state index in [9.17, 15) is 0 Å². The van der Waals surface area contributed by atoms with Gasteiger partial charge in [0.25, 0.3) is 0 Å². The Morgan fingerprint density at radius 3 is 2.22 bits per heavy atom. The van der Waals surface area contributed by atoms with Crippen LogP contribution in [-0.2, 0) is 0 Å². The van der Waals surface area contributed by atoms with Gasteiger partial charge in [0.1, 0.15) is 5.75 Å². The Morgan fingerprint density at radius 2 is 1.78 bits per heavy atom. The highest BCUT2D eigenvalue weighted by Crippen LogP contribution is 2.21. The molecule has 9 heavy (non-hydrogen) atoms. The van der Waals surface area contributed by atoms with Crippen LogP contribution in [0.1, 0.15) is 0 Å². The molecule has 0 aliphatic carbocycles. The second-order valence-corrected chi connectivity index (χ2v) is 2.64. The van der Waals surface area contributed by atoms with Gasteiger partial charge in [-0.3, -0.25) is 0 Å². The molecule has 48 valence electrons. The fourth-order valence-electron chi connectivity index (χ4n) is 0.512. The molecule has 1 rings (SSSR count). The molecule has 0 radical (unpaired) electrons. The molecule has 1 N–H and O–H groups in total.